The minimum Gasteiger partial charge on any atom is -0.507 e. The molecule has 3 rings (SSSR count). The number of hydrogen-bond acceptors (Lipinski definition) is 6. The van der Waals surface area contributed by atoms with E-state index in [0.717, 1.165) is 18.2 Å². The number of rotatable bonds is 4. The van der Waals surface area contributed by atoms with Crippen LogP contribution in [0.2, 0.25) is 0 Å². The number of nitro benzene ring substituents is 1. The summed E-state index contributed by atoms with van der Waals surface area (Å²) >= 11 is 0. The number of benzene rings is 3. The van der Waals surface area contributed by atoms with Crippen LogP contribution in [0.15, 0.2) is 53.4 Å². The summed E-state index contributed by atoms with van der Waals surface area (Å²) < 4.78 is 32.0. The summed E-state index contributed by atoms with van der Waals surface area (Å²) in [6.45, 7) is 1.55. The summed E-state index contributed by atoms with van der Waals surface area (Å²) in [6.07, 6.45) is 0. The van der Waals surface area contributed by atoms with Crippen LogP contribution in [-0.4, -0.2) is 28.9 Å². The summed E-state index contributed by atoms with van der Waals surface area (Å²) in [5.41, 5.74) is 0.377. The van der Waals surface area contributed by atoms with Crippen LogP contribution in [0, 0.1) is 17.0 Å². The van der Waals surface area contributed by atoms with Gasteiger partial charge in [0.1, 0.15) is 5.75 Å². The van der Waals surface area contributed by atoms with Gasteiger partial charge in [0.05, 0.1) is 9.82 Å². The molecular weight excluding hydrogens is 388 g/mol. The number of amides is 1. The van der Waals surface area contributed by atoms with E-state index in [1.165, 1.54) is 30.3 Å². The molecule has 3 aromatic rings. The quantitative estimate of drug-likeness (QED) is 0.263. The number of anilines is 1. The highest BCUT2D eigenvalue weighted by molar-refractivity contribution is 7.85. The third-order valence-electron chi connectivity index (χ3n) is 4.18. The molecule has 0 unspecified atom stereocenters. The molecule has 0 aromatic heterocycles. The minimum absolute atomic E-state index is 0.0319. The van der Waals surface area contributed by atoms with Crippen molar-refractivity contribution in [1.82, 2.24) is 0 Å². The van der Waals surface area contributed by atoms with E-state index in [1.54, 1.807) is 6.92 Å². The van der Waals surface area contributed by atoms with Crippen molar-refractivity contribution in [3.63, 3.8) is 0 Å². The van der Waals surface area contributed by atoms with Crippen LogP contribution < -0.4 is 5.32 Å². The zero-order chi connectivity index (χ0) is 20.6. The van der Waals surface area contributed by atoms with Gasteiger partial charge in [-0.3, -0.25) is 19.5 Å². The van der Waals surface area contributed by atoms with Crippen molar-refractivity contribution in [3.05, 3.63) is 69.8 Å². The number of carbonyl (C=O) groups excluding carboxylic acids is 1. The van der Waals surface area contributed by atoms with E-state index in [2.05, 4.69) is 5.32 Å². The summed E-state index contributed by atoms with van der Waals surface area (Å²) in [7, 11) is -4.49. The Balaban J connectivity index is 2.07. The zero-order valence-corrected chi connectivity index (χ0v) is 15.2. The summed E-state index contributed by atoms with van der Waals surface area (Å²) in [5.74, 6) is -0.812. The fourth-order valence-electron chi connectivity index (χ4n) is 2.72. The molecule has 1 amide bonds. The van der Waals surface area contributed by atoms with Crippen molar-refractivity contribution < 1.29 is 27.8 Å². The highest BCUT2D eigenvalue weighted by atomic mass is 32.2. The number of phenols is 1. The summed E-state index contributed by atoms with van der Waals surface area (Å²) in [6, 6.07) is 10.2. The predicted molar refractivity (Wildman–Crippen MR) is 101 cm³/mol. The van der Waals surface area contributed by atoms with Crippen molar-refractivity contribution in [2.45, 2.75) is 11.8 Å². The Hall–Kier alpha value is -3.50. The largest absolute Gasteiger partial charge is 0.507 e. The number of nitro groups is 1. The molecule has 10 heteroatoms. The third kappa shape index (κ3) is 3.63. The third-order valence-corrected chi connectivity index (χ3v) is 5.03. The summed E-state index contributed by atoms with van der Waals surface area (Å²) in [4.78, 5) is 22.6. The lowest BCUT2D eigenvalue weighted by Gasteiger charge is -2.11. The van der Waals surface area contributed by atoms with E-state index in [0.29, 0.717) is 5.56 Å². The molecule has 0 atom stereocenters. The monoisotopic (exact) mass is 402 g/mol. The highest BCUT2D eigenvalue weighted by Gasteiger charge is 2.17. The fourth-order valence-corrected chi connectivity index (χ4v) is 3.23. The molecule has 0 aliphatic heterocycles. The van der Waals surface area contributed by atoms with E-state index in [-0.39, 0.29) is 33.5 Å². The number of carbonyl (C=O) groups is 1. The maximum atomic E-state index is 12.5. The van der Waals surface area contributed by atoms with Gasteiger partial charge in [0.25, 0.3) is 21.7 Å². The number of hydrogen-bond donors (Lipinski definition) is 3. The molecule has 28 heavy (non-hydrogen) atoms. The molecule has 144 valence electrons. The average Bonchev–Trinajstić information content (AvgIpc) is 2.63. The van der Waals surface area contributed by atoms with Crippen LogP contribution >= 0.6 is 0 Å². The second-order valence-corrected chi connectivity index (χ2v) is 7.45. The van der Waals surface area contributed by atoms with Gasteiger partial charge in [-0.05, 0) is 43.3 Å². The van der Waals surface area contributed by atoms with Gasteiger partial charge in [-0.2, -0.15) is 8.42 Å². The van der Waals surface area contributed by atoms with Gasteiger partial charge in [0.15, 0.2) is 0 Å². The van der Waals surface area contributed by atoms with Crippen molar-refractivity contribution in [3.8, 4) is 5.75 Å². The predicted octanol–water partition coefficient (Wildman–Crippen LogP) is 3.26. The van der Waals surface area contributed by atoms with Gasteiger partial charge in [0, 0.05) is 33.7 Å². The molecule has 0 aliphatic carbocycles. The smallest absolute Gasteiger partial charge is 0.294 e. The molecule has 0 radical (unpaired) electrons. The lowest BCUT2D eigenvalue weighted by atomic mass is 10.1. The number of fused-ring (bicyclic) bond motifs is 1. The second kappa shape index (κ2) is 6.91. The molecule has 0 fully saturated rings. The zero-order valence-electron chi connectivity index (χ0n) is 14.4. The molecule has 0 bridgehead atoms. The molecule has 0 spiro atoms. The number of nitrogens with one attached hydrogen (secondary N) is 1. The molecule has 3 aromatic carbocycles. The van der Waals surface area contributed by atoms with Crippen LogP contribution in [0.5, 0.6) is 5.75 Å². The van der Waals surface area contributed by atoms with E-state index >= 15 is 0 Å². The SMILES string of the molecule is Cc1ccc(C(=O)Nc2ccc(O)c3ccc(S(=O)(=O)O)cc23)cc1[N+](=O)[O-]. The number of nitrogens with zero attached hydrogens (tertiary/aromatic N) is 1. The van der Waals surface area contributed by atoms with Gasteiger partial charge in [-0.25, -0.2) is 0 Å². The standard InChI is InChI=1S/C18H14N2O7S/c1-10-2-3-11(8-16(10)20(23)24)18(22)19-15-6-7-17(21)13-5-4-12(9-14(13)15)28(25,26)27/h2-9,21H,1H3,(H,19,22)(H,25,26,27). The first kappa shape index (κ1) is 19.3. The molecule has 0 saturated heterocycles. The number of aromatic hydroxyl groups is 1. The van der Waals surface area contributed by atoms with Crippen molar-refractivity contribution >= 4 is 38.2 Å². The van der Waals surface area contributed by atoms with Crippen molar-refractivity contribution in [2.24, 2.45) is 0 Å². The molecule has 0 aliphatic rings. The Morgan fingerprint density at radius 1 is 1.07 bits per heavy atom. The number of phenolic OH excluding ortho intramolecular Hbond substituents is 1. The normalized spacial score (nSPS) is 11.4. The first-order valence-corrected chi connectivity index (χ1v) is 9.31. The molecule has 9 nitrogen and oxygen atoms in total. The van der Waals surface area contributed by atoms with Crippen LogP contribution in [0.4, 0.5) is 11.4 Å². The Morgan fingerprint density at radius 3 is 2.43 bits per heavy atom. The van der Waals surface area contributed by atoms with Crippen LogP contribution in [-0.2, 0) is 10.1 Å². The lowest BCUT2D eigenvalue weighted by Crippen LogP contribution is -2.13. The Morgan fingerprint density at radius 2 is 1.79 bits per heavy atom. The maximum absolute atomic E-state index is 12.5. The van der Waals surface area contributed by atoms with Crippen LogP contribution in [0.3, 0.4) is 0 Å². The number of aryl methyl sites for hydroxylation is 1. The first-order valence-electron chi connectivity index (χ1n) is 7.87. The Kier molecular flexibility index (Phi) is 4.75. The molecule has 0 saturated carbocycles. The van der Waals surface area contributed by atoms with Gasteiger partial charge in [-0.15, -0.1) is 0 Å². The van der Waals surface area contributed by atoms with Crippen molar-refractivity contribution in [1.29, 1.82) is 0 Å². The Labute approximate surface area is 159 Å². The van der Waals surface area contributed by atoms with E-state index in [9.17, 15) is 33.0 Å². The maximum Gasteiger partial charge on any atom is 0.294 e. The second-order valence-electron chi connectivity index (χ2n) is 6.03. The average molecular weight is 402 g/mol. The van der Waals surface area contributed by atoms with E-state index in [4.69, 9.17) is 0 Å². The summed E-state index contributed by atoms with van der Waals surface area (Å²) in [5, 5.41) is 24.0. The van der Waals surface area contributed by atoms with Crippen LogP contribution in [0.1, 0.15) is 15.9 Å². The molecule has 3 N–H and O–H groups in total. The van der Waals surface area contributed by atoms with E-state index < -0.39 is 25.8 Å². The topological polar surface area (TPSA) is 147 Å². The molecular formula is C18H14N2O7S. The van der Waals surface area contributed by atoms with Gasteiger partial charge in [-0.1, -0.05) is 6.07 Å². The van der Waals surface area contributed by atoms with Crippen LogP contribution in [0.25, 0.3) is 10.8 Å². The Bertz CT molecular complexity index is 1240. The lowest BCUT2D eigenvalue weighted by molar-refractivity contribution is -0.385. The van der Waals surface area contributed by atoms with Gasteiger partial charge < -0.3 is 10.4 Å². The minimum atomic E-state index is -4.49. The van der Waals surface area contributed by atoms with Crippen molar-refractivity contribution in [2.75, 3.05) is 5.32 Å². The van der Waals surface area contributed by atoms with Gasteiger partial charge >= 0.3 is 0 Å². The highest BCUT2D eigenvalue weighted by Crippen LogP contribution is 2.33. The molecule has 0 heterocycles. The van der Waals surface area contributed by atoms with Gasteiger partial charge in [0.2, 0.25) is 0 Å². The van der Waals surface area contributed by atoms with E-state index in [1.807, 2.05) is 0 Å². The fraction of sp³-hybridized carbons (Fsp3) is 0.0556. The first-order chi connectivity index (χ1) is 13.1.